The molecule has 2 N–H and O–H groups in total. The highest BCUT2D eigenvalue weighted by Crippen LogP contribution is 2.27. The van der Waals surface area contributed by atoms with Crippen LogP contribution in [-0.4, -0.2) is 46.4 Å². The number of hydrogen-bond donors (Lipinski definition) is 2. The molecule has 1 aliphatic heterocycles. The van der Waals surface area contributed by atoms with Gasteiger partial charge in [0.05, 0.1) is 5.92 Å². The number of nitrogens with zero attached hydrogens (tertiary/aromatic N) is 1. The molecular formula is C17H28N2O4. The summed E-state index contributed by atoms with van der Waals surface area (Å²) < 4.78 is 0. The SMILES string of the molecule is CC(C)(C)C(=O)N1CCC[C@@H]1C(=O)NC1CCC(C(=O)O)CC1. The Labute approximate surface area is 137 Å². The van der Waals surface area contributed by atoms with Crippen molar-refractivity contribution in [1.82, 2.24) is 10.2 Å². The minimum Gasteiger partial charge on any atom is -0.481 e. The van der Waals surface area contributed by atoms with Gasteiger partial charge in [-0.2, -0.15) is 0 Å². The van der Waals surface area contributed by atoms with E-state index in [-0.39, 0.29) is 29.8 Å². The summed E-state index contributed by atoms with van der Waals surface area (Å²) >= 11 is 0. The van der Waals surface area contributed by atoms with Gasteiger partial charge in [-0.15, -0.1) is 0 Å². The smallest absolute Gasteiger partial charge is 0.306 e. The van der Waals surface area contributed by atoms with E-state index in [1.54, 1.807) is 4.90 Å². The van der Waals surface area contributed by atoms with Gasteiger partial charge in [0, 0.05) is 18.0 Å². The lowest BCUT2D eigenvalue weighted by Gasteiger charge is -2.32. The summed E-state index contributed by atoms with van der Waals surface area (Å²) in [6.07, 6.45) is 4.17. The maximum Gasteiger partial charge on any atom is 0.306 e. The molecule has 2 rings (SSSR count). The van der Waals surface area contributed by atoms with Gasteiger partial charge >= 0.3 is 5.97 Å². The Balaban J connectivity index is 1.90. The molecule has 0 aromatic carbocycles. The number of likely N-dealkylation sites (tertiary alicyclic amines) is 1. The van der Waals surface area contributed by atoms with Crippen LogP contribution in [0.3, 0.4) is 0 Å². The summed E-state index contributed by atoms with van der Waals surface area (Å²) in [6.45, 7) is 6.25. The Morgan fingerprint density at radius 1 is 1.04 bits per heavy atom. The third-order valence-corrected chi connectivity index (χ3v) is 4.88. The fourth-order valence-corrected chi connectivity index (χ4v) is 3.50. The quantitative estimate of drug-likeness (QED) is 0.828. The van der Waals surface area contributed by atoms with Crippen molar-refractivity contribution in [3.63, 3.8) is 0 Å². The zero-order chi connectivity index (χ0) is 17.2. The first-order valence-corrected chi connectivity index (χ1v) is 8.54. The summed E-state index contributed by atoms with van der Waals surface area (Å²) in [5.41, 5.74) is -0.484. The molecule has 23 heavy (non-hydrogen) atoms. The average molecular weight is 324 g/mol. The van der Waals surface area contributed by atoms with Gasteiger partial charge in [0.15, 0.2) is 0 Å². The molecule has 1 heterocycles. The van der Waals surface area contributed by atoms with E-state index in [1.165, 1.54) is 0 Å². The topological polar surface area (TPSA) is 86.7 Å². The second-order valence-electron chi connectivity index (χ2n) is 7.80. The van der Waals surface area contributed by atoms with E-state index in [0.717, 1.165) is 6.42 Å². The first-order valence-electron chi connectivity index (χ1n) is 8.54. The third-order valence-electron chi connectivity index (χ3n) is 4.88. The van der Waals surface area contributed by atoms with E-state index in [4.69, 9.17) is 5.11 Å². The van der Waals surface area contributed by atoms with Crippen LogP contribution in [0.5, 0.6) is 0 Å². The second-order valence-corrected chi connectivity index (χ2v) is 7.80. The van der Waals surface area contributed by atoms with E-state index in [9.17, 15) is 14.4 Å². The summed E-state index contributed by atoms with van der Waals surface area (Å²) in [5, 5.41) is 12.1. The first-order chi connectivity index (χ1) is 10.7. The number of carbonyl (C=O) groups is 3. The lowest BCUT2D eigenvalue weighted by atomic mass is 9.86. The predicted molar refractivity (Wildman–Crippen MR) is 85.7 cm³/mol. The molecule has 6 heteroatoms. The minimum absolute atomic E-state index is 0.0183. The molecule has 6 nitrogen and oxygen atoms in total. The molecule has 0 aromatic heterocycles. The van der Waals surface area contributed by atoms with Crippen LogP contribution in [0.25, 0.3) is 0 Å². The molecule has 2 aliphatic rings. The summed E-state index contributed by atoms with van der Waals surface area (Å²) in [4.78, 5) is 37.7. The molecule has 2 fully saturated rings. The predicted octanol–water partition coefficient (Wildman–Crippen LogP) is 1.78. The summed E-state index contributed by atoms with van der Waals surface area (Å²) in [5.74, 6) is -1.09. The van der Waals surface area contributed by atoms with Crippen molar-refractivity contribution < 1.29 is 19.5 Å². The molecule has 1 atom stereocenters. The highest BCUT2D eigenvalue weighted by atomic mass is 16.4. The molecule has 0 bridgehead atoms. The molecule has 0 spiro atoms. The standard InChI is InChI=1S/C17H28N2O4/c1-17(2,3)16(23)19-10-4-5-13(19)14(20)18-12-8-6-11(7-9-12)15(21)22/h11-13H,4-10H2,1-3H3,(H,18,20)(H,21,22)/t11?,12?,13-/m1/s1. The lowest BCUT2D eigenvalue weighted by molar-refractivity contribution is -0.145. The zero-order valence-electron chi connectivity index (χ0n) is 14.3. The van der Waals surface area contributed by atoms with Crippen molar-refractivity contribution in [3.05, 3.63) is 0 Å². The minimum atomic E-state index is -0.743. The van der Waals surface area contributed by atoms with Crippen LogP contribution < -0.4 is 5.32 Å². The van der Waals surface area contributed by atoms with Crippen LogP contribution in [0, 0.1) is 11.3 Å². The fraction of sp³-hybridized carbons (Fsp3) is 0.824. The molecule has 0 radical (unpaired) electrons. The third kappa shape index (κ3) is 4.24. The van der Waals surface area contributed by atoms with Crippen molar-refractivity contribution in [2.45, 2.75) is 71.4 Å². The van der Waals surface area contributed by atoms with Gasteiger partial charge in [-0.25, -0.2) is 0 Å². The van der Waals surface area contributed by atoms with Crippen molar-refractivity contribution in [1.29, 1.82) is 0 Å². The highest BCUT2D eigenvalue weighted by molar-refractivity contribution is 5.90. The van der Waals surface area contributed by atoms with E-state index < -0.39 is 11.4 Å². The Morgan fingerprint density at radius 3 is 2.17 bits per heavy atom. The maximum absolute atomic E-state index is 12.5. The molecule has 130 valence electrons. The number of amides is 2. The molecule has 2 amide bonds. The maximum atomic E-state index is 12.5. The number of aliphatic carboxylic acids is 1. The van der Waals surface area contributed by atoms with Gasteiger partial charge in [0.25, 0.3) is 0 Å². The highest BCUT2D eigenvalue weighted by Gasteiger charge is 2.39. The first kappa shape index (κ1) is 17.8. The van der Waals surface area contributed by atoms with Crippen LogP contribution in [0.4, 0.5) is 0 Å². The van der Waals surface area contributed by atoms with Crippen LogP contribution in [0.1, 0.15) is 59.3 Å². The summed E-state index contributed by atoms with van der Waals surface area (Å²) in [6, 6.07) is -0.343. The monoisotopic (exact) mass is 324 g/mol. The van der Waals surface area contributed by atoms with E-state index in [2.05, 4.69) is 5.32 Å². The van der Waals surface area contributed by atoms with Gasteiger partial charge in [-0.3, -0.25) is 14.4 Å². The van der Waals surface area contributed by atoms with Gasteiger partial charge in [-0.05, 0) is 38.5 Å². The molecular weight excluding hydrogens is 296 g/mol. The van der Waals surface area contributed by atoms with E-state index in [0.29, 0.717) is 38.6 Å². The average Bonchev–Trinajstić information content (AvgIpc) is 2.95. The van der Waals surface area contributed by atoms with Gasteiger partial charge in [-0.1, -0.05) is 20.8 Å². The Hall–Kier alpha value is -1.59. The van der Waals surface area contributed by atoms with Crippen molar-refractivity contribution >= 4 is 17.8 Å². The van der Waals surface area contributed by atoms with Crippen molar-refractivity contribution in [3.8, 4) is 0 Å². The Kier molecular flexibility index (Phi) is 5.32. The van der Waals surface area contributed by atoms with Crippen LogP contribution >= 0.6 is 0 Å². The zero-order valence-corrected chi connectivity index (χ0v) is 14.3. The van der Waals surface area contributed by atoms with Crippen LogP contribution in [0.2, 0.25) is 0 Å². The largest absolute Gasteiger partial charge is 0.481 e. The van der Waals surface area contributed by atoms with Gasteiger partial charge < -0.3 is 15.3 Å². The van der Waals surface area contributed by atoms with Crippen LogP contribution in [0.15, 0.2) is 0 Å². The molecule has 0 unspecified atom stereocenters. The van der Waals surface area contributed by atoms with Crippen molar-refractivity contribution in [2.75, 3.05) is 6.54 Å². The van der Waals surface area contributed by atoms with E-state index in [1.807, 2.05) is 20.8 Å². The number of nitrogens with one attached hydrogen (secondary N) is 1. The Bertz CT molecular complexity index is 475. The number of carboxylic acid groups (broad SMARTS) is 1. The number of carbonyl (C=O) groups excluding carboxylic acids is 2. The molecule has 1 saturated carbocycles. The molecule has 1 aliphatic carbocycles. The normalized spacial score (nSPS) is 28.5. The van der Waals surface area contributed by atoms with Crippen molar-refractivity contribution in [2.24, 2.45) is 11.3 Å². The number of rotatable bonds is 3. The lowest BCUT2D eigenvalue weighted by Crippen LogP contribution is -2.51. The molecule has 1 saturated heterocycles. The summed E-state index contributed by atoms with van der Waals surface area (Å²) in [7, 11) is 0. The fourth-order valence-electron chi connectivity index (χ4n) is 3.50. The number of carboxylic acids is 1. The number of hydrogen-bond acceptors (Lipinski definition) is 3. The van der Waals surface area contributed by atoms with Gasteiger partial charge in [0.1, 0.15) is 6.04 Å². The Morgan fingerprint density at radius 2 is 1.65 bits per heavy atom. The second kappa shape index (κ2) is 6.89. The molecule has 0 aromatic rings. The van der Waals surface area contributed by atoms with Crippen LogP contribution in [-0.2, 0) is 14.4 Å². The van der Waals surface area contributed by atoms with Gasteiger partial charge in [0.2, 0.25) is 11.8 Å². The van der Waals surface area contributed by atoms with E-state index >= 15 is 0 Å².